The number of carbonyl (C=O) groups is 1. The average Bonchev–Trinajstić information content (AvgIpc) is 3.25. The number of amides is 1. The van der Waals surface area contributed by atoms with Gasteiger partial charge in [0.2, 0.25) is 5.91 Å². The fraction of sp³-hybridized carbons (Fsp3) is 0.579. The molecule has 0 atom stereocenters. The van der Waals surface area contributed by atoms with Crippen LogP contribution in [0.15, 0.2) is 22.6 Å². The van der Waals surface area contributed by atoms with Crippen molar-refractivity contribution in [3.05, 3.63) is 28.1 Å². The summed E-state index contributed by atoms with van der Waals surface area (Å²) in [6, 6.07) is 5.62. The second-order valence-corrected chi connectivity index (χ2v) is 8.19. The highest BCUT2D eigenvalue weighted by atomic mass is 35.5. The highest BCUT2D eigenvalue weighted by Crippen LogP contribution is 2.25. The molecular weight excluding hydrogens is 370 g/mol. The zero-order valence-electron chi connectivity index (χ0n) is 14.8. The lowest BCUT2D eigenvalue weighted by Gasteiger charge is -2.32. The number of nitrogens with zero attached hydrogens (tertiary/aromatic N) is 3. The maximum absolute atomic E-state index is 12.3. The van der Waals surface area contributed by atoms with Crippen molar-refractivity contribution in [2.75, 3.05) is 26.2 Å². The van der Waals surface area contributed by atoms with E-state index in [1.54, 1.807) is 6.07 Å². The Kier molecular flexibility index (Phi) is 5.34. The minimum Gasteiger partial charge on any atom is -0.429 e. The summed E-state index contributed by atoms with van der Waals surface area (Å²) in [5, 5.41) is 0.650. The average molecular weight is 394 g/mol. The summed E-state index contributed by atoms with van der Waals surface area (Å²) in [6.45, 7) is 4.60. The molecule has 0 saturated carbocycles. The molecule has 26 heavy (non-hydrogen) atoms. The van der Waals surface area contributed by atoms with Crippen LogP contribution in [0.2, 0.25) is 5.02 Å². The highest BCUT2D eigenvalue weighted by Gasteiger charge is 2.25. The van der Waals surface area contributed by atoms with Gasteiger partial charge in [-0.2, -0.15) is 0 Å². The number of piperidine rings is 1. The lowest BCUT2D eigenvalue weighted by molar-refractivity contribution is -0.131. The molecule has 2 fully saturated rings. The molecule has 0 radical (unpaired) electrons. The molecule has 0 unspecified atom stereocenters. The first-order valence-electron chi connectivity index (χ1n) is 9.39. The van der Waals surface area contributed by atoms with Gasteiger partial charge >= 0.3 is 0 Å². The summed E-state index contributed by atoms with van der Waals surface area (Å²) in [7, 11) is 0. The van der Waals surface area contributed by atoms with Gasteiger partial charge in [0, 0.05) is 43.7 Å². The summed E-state index contributed by atoms with van der Waals surface area (Å²) in [4.78, 5) is 17.2. The molecule has 1 aromatic heterocycles. The Morgan fingerprint density at radius 2 is 1.92 bits per heavy atom. The van der Waals surface area contributed by atoms with E-state index in [1.165, 1.54) is 0 Å². The summed E-state index contributed by atoms with van der Waals surface area (Å²) in [5.41, 5.74) is 1.71. The predicted molar refractivity (Wildman–Crippen MR) is 105 cm³/mol. The van der Waals surface area contributed by atoms with Gasteiger partial charge in [0.1, 0.15) is 0 Å². The van der Waals surface area contributed by atoms with E-state index in [2.05, 4.69) is 4.90 Å². The van der Waals surface area contributed by atoms with Gasteiger partial charge in [0.15, 0.2) is 5.58 Å². The third kappa shape index (κ3) is 3.82. The van der Waals surface area contributed by atoms with Gasteiger partial charge in [0.25, 0.3) is 4.84 Å². The van der Waals surface area contributed by atoms with Gasteiger partial charge < -0.3 is 9.32 Å². The van der Waals surface area contributed by atoms with Gasteiger partial charge in [0.05, 0.1) is 12.2 Å². The van der Waals surface area contributed by atoms with E-state index < -0.39 is 0 Å². The molecule has 7 heteroatoms. The van der Waals surface area contributed by atoms with Crippen LogP contribution >= 0.6 is 23.8 Å². The van der Waals surface area contributed by atoms with Crippen LogP contribution in [-0.2, 0) is 11.5 Å². The quantitative estimate of drug-likeness (QED) is 0.726. The number of aromatic nitrogens is 1. The van der Waals surface area contributed by atoms with Crippen LogP contribution in [0.3, 0.4) is 0 Å². The number of hydrogen-bond donors (Lipinski definition) is 0. The smallest absolute Gasteiger partial charge is 0.270 e. The van der Waals surface area contributed by atoms with Gasteiger partial charge in [-0.1, -0.05) is 11.6 Å². The normalized spacial score (nSPS) is 19.5. The van der Waals surface area contributed by atoms with Crippen LogP contribution in [0.1, 0.15) is 32.1 Å². The Morgan fingerprint density at radius 1 is 1.19 bits per heavy atom. The van der Waals surface area contributed by atoms with Crippen molar-refractivity contribution in [2.45, 2.75) is 38.8 Å². The lowest BCUT2D eigenvalue weighted by atomic mass is 9.93. The molecule has 2 saturated heterocycles. The minimum atomic E-state index is 0.348. The largest absolute Gasteiger partial charge is 0.429 e. The SMILES string of the molecule is O=C(CC1CCN(Cn2c(=S)oc3cc(Cl)ccc32)CC1)N1CCCC1. The van der Waals surface area contributed by atoms with E-state index in [-0.39, 0.29) is 0 Å². The van der Waals surface area contributed by atoms with Crippen LogP contribution in [0, 0.1) is 10.8 Å². The first-order chi connectivity index (χ1) is 12.6. The van der Waals surface area contributed by atoms with E-state index >= 15 is 0 Å². The number of benzene rings is 1. The molecule has 0 aliphatic carbocycles. The van der Waals surface area contributed by atoms with Crippen LogP contribution < -0.4 is 0 Å². The number of rotatable bonds is 4. The van der Waals surface area contributed by atoms with Gasteiger partial charge in [-0.25, -0.2) is 0 Å². The first-order valence-corrected chi connectivity index (χ1v) is 10.2. The van der Waals surface area contributed by atoms with Crippen molar-refractivity contribution in [2.24, 2.45) is 5.92 Å². The summed E-state index contributed by atoms with van der Waals surface area (Å²) >= 11 is 11.4. The van der Waals surface area contributed by atoms with Gasteiger partial charge in [-0.05, 0) is 56.0 Å². The Labute approximate surface area is 163 Å². The predicted octanol–water partition coefficient (Wildman–Crippen LogP) is 4.30. The van der Waals surface area contributed by atoms with Crippen LogP contribution in [0.25, 0.3) is 11.1 Å². The van der Waals surface area contributed by atoms with Gasteiger partial charge in [-0.15, -0.1) is 0 Å². The number of fused-ring (bicyclic) bond motifs is 1. The summed E-state index contributed by atoms with van der Waals surface area (Å²) in [5.74, 6) is 0.855. The van der Waals surface area contributed by atoms with Crippen LogP contribution in [0.5, 0.6) is 0 Å². The van der Waals surface area contributed by atoms with Crippen molar-refractivity contribution in [1.29, 1.82) is 0 Å². The molecular formula is C19H24ClN3O2S. The van der Waals surface area contributed by atoms with Crippen molar-refractivity contribution >= 4 is 40.8 Å². The fourth-order valence-corrected chi connectivity index (χ4v) is 4.46. The van der Waals surface area contributed by atoms with Crippen LogP contribution in [-0.4, -0.2) is 46.5 Å². The molecule has 0 spiro atoms. The number of carbonyl (C=O) groups excluding carboxylic acids is 1. The monoisotopic (exact) mass is 393 g/mol. The van der Waals surface area contributed by atoms with E-state index in [0.717, 1.165) is 69.6 Å². The first kappa shape index (κ1) is 18.0. The molecule has 1 amide bonds. The number of hydrogen-bond acceptors (Lipinski definition) is 4. The highest BCUT2D eigenvalue weighted by molar-refractivity contribution is 7.71. The summed E-state index contributed by atoms with van der Waals surface area (Å²) < 4.78 is 7.69. The molecule has 1 aromatic carbocycles. The topological polar surface area (TPSA) is 41.6 Å². The standard InChI is InChI=1S/C19H24ClN3O2S/c20-15-3-4-16-17(12-15)25-19(26)23(16)13-21-9-5-14(6-10-21)11-18(24)22-7-1-2-8-22/h3-4,12,14H,1-2,5-11,13H2. The molecule has 0 bridgehead atoms. The van der Waals surface area contributed by atoms with Crippen molar-refractivity contribution in [3.8, 4) is 0 Å². The molecule has 5 nitrogen and oxygen atoms in total. The van der Waals surface area contributed by atoms with Crippen LogP contribution in [0.4, 0.5) is 0 Å². The molecule has 2 aromatic rings. The summed E-state index contributed by atoms with van der Waals surface area (Å²) in [6.07, 6.45) is 5.16. The molecule has 140 valence electrons. The number of halogens is 1. The second-order valence-electron chi connectivity index (χ2n) is 7.40. The zero-order valence-corrected chi connectivity index (χ0v) is 16.4. The maximum atomic E-state index is 12.3. The molecule has 2 aliphatic heterocycles. The lowest BCUT2D eigenvalue weighted by Crippen LogP contribution is -2.37. The minimum absolute atomic E-state index is 0.348. The second kappa shape index (κ2) is 7.71. The van der Waals surface area contributed by atoms with Crippen molar-refractivity contribution < 1.29 is 9.21 Å². The molecule has 2 aliphatic rings. The Balaban J connectivity index is 1.35. The van der Waals surface area contributed by atoms with E-state index in [9.17, 15) is 4.79 Å². The third-order valence-electron chi connectivity index (χ3n) is 5.60. The van der Waals surface area contributed by atoms with Crippen molar-refractivity contribution in [1.82, 2.24) is 14.4 Å². The third-order valence-corrected chi connectivity index (χ3v) is 6.14. The Bertz CT molecular complexity index is 848. The van der Waals surface area contributed by atoms with E-state index in [1.807, 2.05) is 21.6 Å². The fourth-order valence-electron chi connectivity index (χ4n) is 4.05. The Morgan fingerprint density at radius 3 is 2.65 bits per heavy atom. The van der Waals surface area contributed by atoms with Crippen molar-refractivity contribution in [3.63, 3.8) is 0 Å². The molecule has 3 heterocycles. The number of likely N-dealkylation sites (tertiary alicyclic amines) is 2. The number of oxazole rings is 1. The molecule has 4 rings (SSSR count). The molecule has 0 N–H and O–H groups in total. The zero-order chi connectivity index (χ0) is 18.1. The maximum Gasteiger partial charge on any atom is 0.270 e. The van der Waals surface area contributed by atoms with E-state index in [4.69, 9.17) is 28.2 Å². The Hall–Kier alpha value is -1.37. The van der Waals surface area contributed by atoms with E-state index in [0.29, 0.717) is 28.1 Å². The van der Waals surface area contributed by atoms with Gasteiger partial charge in [-0.3, -0.25) is 14.3 Å².